The second kappa shape index (κ2) is 7.29. The van der Waals surface area contributed by atoms with Crippen molar-refractivity contribution in [1.29, 1.82) is 0 Å². The first-order chi connectivity index (χ1) is 7.65. The van der Waals surface area contributed by atoms with Gasteiger partial charge in [-0.25, -0.2) is 8.78 Å². The van der Waals surface area contributed by atoms with Crippen LogP contribution in [0.4, 0.5) is 8.78 Å². The van der Waals surface area contributed by atoms with Gasteiger partial charge in [0.15, 0.2) is 0 Å². The van der Waals surface area contributed by atoms with Gasteiger partial charge in [0.1, 0.15) is 6.61 Å². The standard InChI is InChI=1S/C9H13BrF2N2OS/c10-7-5-16-4-6(7)8(14-13)1-2-15-3-9(11)12/h4-5,8-9,14H,1-3,13H2. The molecule has 0 aliphatic carbocycles. The fourth-order valence-electron chi connectivity index (χ4n) is 1.24. The maximum atomic E-state index is 11.8. The molecular weight excluding hydrogens is 302 g/mol. The van der Waals surface area contributed by atoms with Gasteiger partial charge in [-0.2, -0.15) is 11.3 Å². The molecule has 0 saturated heterocycles. The Labute approximate surface area is 105 Å². The predicted octanol–water partition coefficient (Wildman–Crippen LogP) is 2.69. The van der Waals surface area contributed by atoms with E-state index in [1.807, 2.05) is 10.8 Å². The number of halogens is 3. The predicted molar refractivity (Wildman–Crippen MR) is 63.5 cm³/mol. The van der Waals surface area contributed by atoms with Gasteiger partial charge in [-0.1, -0.05) is 0 Å². The molecule has 3 nitrogen and oxygen atoms in total. The normalized spacial score (nSPS) is 13.3. The minimum Gasteiger partial charge on any atom is -0.375 e. The third kappa shape index (κ3) is 4.42. The van der Waals surface area contributed by atoms with E-state index in [1.165, 1.54) is 0 Å². The number of hydrogen-bond donors (Lipinski definition) is 2. The summed E-state index contributed by atoms with van der Waals surface area (Å²) in [4.78, 5) is 0. The zero-order valence-electron chi connectivity index (χ0n) is 8.46. The molecule has 0 aromatic carbocycles. The average Bonchev–Trinajstić information content (AvgIpc) is 2.65. The second-order valence-corrected chi connectivity index (χ2v) is 4.75. The molecule has 3 N–H and O–H groups in total. The number of rotatable bonds is 7. The summed E-state index contributed by atoms with van der Waals surface area (Å²) in [5.74, 6) is 5.40. The number of hydrogen-bond acceptors (Lipinski definition) is 4. The average molecular weight is 315 g/mol. The van der Waals surface area contributed by atoms with Gasteiger partial charge in [0.2, 0.25) is 0 Å². The number of nitrogens with one attached hydrogen (secondary N) is 1. The topological polar surface area (TPSA) is 47.3 Å². The van der Waals surface area contributed by atoms with Crippen LogP contribution in [0.5, 0.6) is 0 Å². The van der Waals surface area contributed by atoms with E-state index in [0.29, 0.717) is 6.42 Å². The Balaban J connectivity index is 2.36. The molecule has 1 unspecified atom stereocenters. The van der Waals surface area contributed by atoms with Crippen LogP contribution in [0.2, 0.25) is 0 Å². The second-order valence-electron chi connectivity index (χ2n) is 3.15. The van der Waals surface area contributed by atoms with Crippen LogP contribution < -0.4 is 11.3 Å². The molecular formula is C9H13BrF2N2OS. The maximum Gasteiger partial charge on any atom is 0.261 e. The number of thiophene rings is 1. The molecule has 0 aliphatic rings. The Morgan fingerprint density at radius 1 is 1.50 bits per heavy atom. The molecule has 0 amide bonds. The highest BCUT2D eigenvalue weighted by Crippen LogP contribution is 2.28. The van der Waals surface area contributed by atoms with Crippen molar-refractivity contribution in [1.82, 2.24) is 5.43 Å². The Kier molecular flexibility index (Phi) is 6.37. The third-order valence-electron chi connectivity index (χ3n) is 2.01. The molecule has 0 saturated carbocycles. The summed E-state index contributed by atoms with van der Waals surface area (Å²) in [6, 6.07) is -0.0849. The molecule has 0 fully saturated rings. The van der Waals surface area contributed by atoms with Gasteiger partial charge in [-0.15, -0.1) is 0 Å². The van der Waals surface area contributed by atoms with Crippen molar-refractivity contribution in [2.45, 2.75) is 18.9 Å². The maximum absolute atomic E-state index is 11.8. The fraction of sp³-hybridized carbons (Fsp3) is 0.556. The van der Waals surface area contributed by atoms with Crippen molar-refractivity contribution in [3.63, 3.8) is 0 Å². The lowest BCUT2D eigenvalue weighted by Gasteiger charge is -2.15. The number of alkyl halides is 2. The monoisotopic (exact) mass is 314 g/mol. The third-order valence-corrected chi connectivity index (χ3v) is 3.77. The lowest BCUT2D eigenvalue weighted by atomic mass is 10.1. The molecule has 0 radical (unpaired) electrons. The number of hydrazine groups is 1. The van der Waals surface area contributed by atoms with Crippen molar-refractivity contribution in [2.75, 3.05) is 13.2 Å². The van der Waals surface area contributed by atoms with Crippen LogP contribution in [0.1, 0.15) is 18.0 Å². The quantitative estimate of drug-likeness (QED) is 0.462. The zero-order chi connectivity index (χ0) is 12.0. The summed E-state index contributed by atoms with van der Waals surface area (Å²) in [5.41, 5.74) is 3.66. The van der Waals surface area contributed by atoms with E-state index in [1.54, 1.807) is 11.3 Å². The van der Waals surface area contributed by atoms with Crippen molar-refractivity contribution in [3.8, 4) is 0 Å². The van der Waals surface area contributed by atoms with Gasteiger partial charge in [0.05, 0.1) is 6.04 Å². The van der Waals surface area contributed by atoms with Crippen LogP contribution in [-0.4, -0.2) is 19.6 Å². The molecule has 0 bridgehead atoms. The summed E-state index contributed by atoms with van der Waals surface area (Å²) in [7, 11) is 0. The van der Waals surface area contributed by atoms with Gasteiger partial charge in [-0.3, -0.25) is 11.3 Å². The Hall–Kier alpha value is -0.0800. The molecule has 0 aliphatic heterocycles. The number of nitrogens with two attached hydrogens (primary N) is 1. The highest BCUT2D eigenvalue weighted by atomic mass is 79.9. The molecule has 16 heavy (non-hydrogen) atoms. The Morgan fingerprint density at radius 2 is 2.25 bits per heavy atom. The molecule has 1 rings (SSSR count). The van der Waals surface area contributed by atoms with E-state index in [4.69, 9.17) is 10.6 Å². The Bertz CT molecular complexity index is 311. The highest BCUT2D eigenvalue weighted by Gasteiger charge is 2.14. The first kappa shape index (κ1) is 14.0. The van der Waals surface area contributed by atoms with Crippen LogP contribution in [0.15, 0.2) is 15.2 Å². The van der Waals surface area contributed by atoms with Crippen LogP contribution in [0.25, 0.3) is 0 Å². The minimum atomic E-state index is -2.42. The van der Waals surface area contributed by atoms with E-state index in [9.17, 15) is 8.78 Å². The first-order valence-electron chi connectivity index (χ1n) is 4.68. The molecule has 1 aromatic heterocycles. The molecule has 1 heterocycles. The summed E-state index contributed by atoms with van der Waals surface area (Å²) in [5, 5.41) is 3.90. The van der Waals surface area contributed by atoms with Gasteiger partial charge >= 0.3 is 0 Å². The van der Waals surface area contributed by atoms with E-state index >= 15 is 0 Å². The van der Waals surface area contributed by atoms with Gasteiger partial charge < -0.3 is 4.74 Å². The lowest BCUT2D eigenvalue weighted by molar-refractivity contribution is 0.0143. The smallest absolute Gasteiger partial charge is 0.261 e. The van der Waals surface area contributed by atoms with Gasteiger partial charge in [-0.05, 0) is 33.3 Å². The van der Waals surface area contributed by atoms with Gasteiger partial charge in [0.25, 0.3) is 6.43 Å². The lowest BCUT2D eigenvalue weighted by Crippen LogP contribution is -2.29. The largest absolute Gasteiger partial charge is 0.375 e. The van der Waals surface area contributed by atoms with Gasteiger partial charge in [0, 0.05) is 16.5 Å². The summed E-state index contributed by atoms with van der Waals surface area (Å²) >= 11 is 4.94. The molecule has 92 valence electrons. The summed E-state index contributed by atoms with van der Waals surface area (Å²) in [6.45, 7) is -0.274. The van der Waals surface area contributed by atoms with E-state index in [2.05, 4.69) is 21.4 Å². The zero-order valence-corrected chi connectivity index (χ0v) is 10.9. The van der Waals surface area contributed by atoms with Crippen molar-refractivity contribution in [2.24, 2.45) is 5.84 Å². The van der Waals surface area contributed by atoms with Crippen LogP contribution in [-0.2, 0) is 4.74 Å². The van der Waals surface area contributed by atoms with E-state index in [0.717, 1.165) is 10.0 Å². The van der Waals surface area contributed by atoms with Crippen molar-refractivity contribution < 1.29 is 13.5 Å². The highest BCUT2D eigenvalue weighted by molar-refractivity contribution is 9.10. The molecule has 0 spiro atoms. The molecule has 7 heteroatoms. The van der Waals surface area contributed by atoms with Crippen molar-refractivity contribution >= 4 is 27.3 Å². The molecule has 1 atom stereocenters. The molecule has 1 aromatic rings. The number of ether oxygens (including phenoxy) is 1. The van der Waals surface area contributed by atoms with Crippen LogP contribution in [0.3, 0.4) is 0 Å². The van der Waals surface area contributed by atoms with E-state index in [-0.39, 0.29) is 12.6 Å². The first-order valence-corrected chi connectivity index (χ1v) is 6.42. The SMILES string of the molecule is NNC(CCOCC(F)F)c1cscc1Br. The minimum absolute atomic E-state index is 0.0849. The summed E-state index contributed by atoms with van der Waals surface area (Å²) in [6.07, 6.45) is -1.87. The van der Waals surface area contributed by atoms with Crippen LogP contribution in [0, 0.1) is 0 Å². The van der Waals surface area contributed by atoms with Crippen LogP contribution >= 0.6 is 27.3 Å². The fourth-order valence-corrected chi connectivity index (χ4v) is 2.87. The van der Waals surface area contributed by atoms with E-state index < -0.39 is 13.0 Å². The summed E-state index contributed by atoms with van der Waals surface area (Å²) < 4.78 is 29.4. The van der Waals surface area contributed by atoms with Crippen molar-refractivity contribution in [3.05, 3.63) is 20.8 Å². The Morgan fingerprint density at radius 3 is 2.75 bits per heavy atom.